The first-order valence-corrected chi connectivity index (χ1v) is 7.72. The summed E-state index contributed by atoms with van der Waals surface area (Å²) in [5, 5.41) is 3.85. The first-order chi connectivity index (χ1) is 12.7. The number of methoxy groups -OCH3 is 1. The number of benzene rings is 2. The first-order valence-electron chi connectivity index (χ1n) is 7.72. The Morgan fingerprint density at radius 2 is 1.96 bits per heavy atom. The summed E-state index contributed by atoms with van der Waals surface area (Å²) in [6.45, 7) is -0.192. The van der Waals surface area contributed by atoms with Crippen LogP contribution in [0.5, 0.6) is 5.75 Å². The maximum Gasteiger partial charge on any atom is 0.331 e. The molecule has 0 N–H and O–H groups in total. The molecule has 0 saturated heterocycles. The van der Waals surface area contributed by atoms with Crippen LogP contribution in [0.1, 0.15) is 11.5 Å². The van der Waals surface area contributed by atoms with Crippen LogP contribution >= 0.6 is 0 Å². The molecule has 2 aromatic carbocycles. The predicted octanol–water partition coefficient (Wildman–Crippen LogP) is 3.64. The highest BCUT2D eigenvalue weighted by atomic mass is 19.1. The average Bonchev–Trinajstić information content (AvgIpc) is 3.14. The highest BCUT2D eigenvalue weighted by Crippen LogP contribution is 2.27. The van der Waals surface area contributed by atoms with Gasteiger partial charge in [0.15, 0.2) is 6.61 Å². The minimum atomic E-state index is -0.648. The lowest BCUT2D eigenvalue weighted by Gasteiger charge is -2.03. The van der Waals surface area contributed by atoms with Crippen molar-refractivity contribution >= 4 is 12.0 Å². The Hall–Kier alpha value is -3.48. The van der Waals surface area contributed by atoms with Crippen molar-refractivity contribution in [2.75, 3.05) is 7.11 Å². The Bertz CT molecular complexity index is 937. The second-order valence-electron chi connectivity index (χ2n) is 5.17. The molecular formula is C19H15FN2O4. The number of hydrogen-bond donors (Lipinski definition) is 0. The summed E-state index contributed by atoms with van der Waals surface area (Å²) in [6, 6.07) is 13.3. The topological polar surface area (TPSA) is 74.5 Å². The van der Waals surface area contributed by atoms with E-state index in [1.54, 1.807) is 37.4 Å². The maximum atomic E-state index is 13.5. The van der Waals surface area contributed by atoms with E-state index in [4.69, 9.17) is 14.0 Å². The van der Waals surface area contributed by atoms with Crippen LogP contribution in [-0.2, 0) is 16.1 Å². The normalized spacial score (nSPS) is 10.8. The van der Waals surface area contributed by atoms with Gasteiger partial charge in [0.1, 0.15) is 11.6 Å². The number of esters is 1. The van der Waals surface area contributed by atoms with Crippen molar-refractivity contribution in [2.45, 2.75) is 6.61 Å². The highest BCUT2D eigenvalue weighted by Gasteiger charge is 2.13. The third-order valence-electron chi connectivity index (χ3n) is 3.46. The molecule has 0 fully saturated rings. The lowest BCUT2D eigenvalue weighted by molar-refractivity contribution is -0.139. The van der Waals surface area contributed by atoms with Crippen LogP contribution in [0.15, 0.2) is 59.1 Å². The van der Waals surface area contributed by atoms with Gasteiger partial charge in [-0.25, -0.2) is 9.18 Å². The molecule has 132 valence electrons. The average molecular weight is 354 g/mol. The molecule has 26 heavy (non-hydrogen) atoms. The molecule has 3 aromatic rings. The Labute approximate surface area is 148 Å². The van der Waals surface area contributed by atoms with E-state index in [0.717, 1.165) is 6.08 Å². The zero-order valence-electron chi connectivity index (χ0n) is 13.9. The third kappa shape index (κ3) is 4.13. The number of rotatable bonds is 6. The van der Waals surface area contributed by atoms with Gasteiger partial charge in [0.2, 0.25) is 5.82 Å². The molecule has 0 aliphatic rings. The van der Waals surface area contributed by atoms with Crippen molar-refractivity contribution in [1.82, 2.24) is 10.1 Å². The van der Waals surface area contributed by atoms with E-state index in [9.17, 15) is 9.18 Å². The van der Waals surface area contributed by atoms with Crippen molar-refractivity contribution in [3.63, 3.8) is 0 Å². The fourth-order valence-electron chi connectivity index (χ4n) is 2.20. The van der Waals surface area contributed by atoms with Crippen molar-refractivity contribution < 1.29 is 23.2 Å². The van der Waals surface area contributed by atoms with Crippen LogP contribution in [-0.4, -0.2) is 23.2 Å². The molecule has 0 aliphatic carbocycles. The van der Waals surface area contributed by atoms with Crippen molar-refractivity contribution in [3.8, 4) is 17.1 Å². The summed E-state index contributed by atoms with van der Waals surface area (Å²) >= 11 is 0. The molecule has 0 unspecified atom stereocenters. The van der Waals surface area contributed by atoms with Gasteiger partial charge in [-0.15, -0.1) is 0 Å². The number of carbonyl (C=O) groups is 1. The van der Waals surface area contributed by atoms with Gasteiger partial charge in [0.05, 0.1) is 12.7 Å². The fraction of sp³-hybridized carbons (Fsp3) is 0.105. The van der Waals surface area contributed by atoms with E-state index in [1.165, 1.54) is 12.1 Å². The SMILES string of the molecule is COc1ccccc1-c1noc(COC(=O)/C=C/c2ccccc2F)n1. The number of carbonyl (C=O) groups excluding carboxylic acids is 1. The summed E-state index contributed by atoms with van der Waals surface area (Å²) in [6.07, 6.45) is 2.47. The van der Waals surface area contributed by atoms with Gasteiger partial charge in [0, 0.05) is 11.6 Å². The quantitative estimate of drug-likeness (QED) is 0.497. The Morgan fingerprint density at radius 3 is 2.77 bits per heavy atom. The van der Waals surface area contributed by atoms with Gasteiger partial charge < -0.3 is 14.0 Å². The number of ether oxygens (including phenoxy) is 2. The Morgan fingerprint density at radius 1 is 1.19 bits per heavy atom. The molecule has 0 amide bonds. The highest BCUT2D eigenvalue weighted by molar-refractivity contribution is 5.87. The molecular weight excluding hydrogens is 339 g/mol. The standard InChI is InChI=1S/C19H15FN2O4/c1-24-16-9-5-3-7-14(16)19-21-17(26-22-19)12-25-18(23)11-10-13-6-2-4-8-15(13)20/h2-11H,12H2,1H3/b11-10+. The van der Waals surface area contributed by atoms with Gasteiger partial charge in [-0.05, 0) is 24.3 Å². The summed E-state index contributed by atoms with van der Waals surface area (Å²) in [5.41, 5.74) is 0.955. The van der Waals surface area contributed by atoms with Gasteiger partial charge in [-0.2, -0.15) is 4.98 Å². The van der Waals surface area contributed by atoms with E-state index in [2.05, 4.69) is 10.1 Å². The molecule has 0 radical (unpaired) electrons. The molecule has 7 heteroatoms. The summed E-state index contributed by atoms with van der Waals surface area (Å²) in [4.78, 5) is 15.9. The molecule has 0 saturated carbocycles. The van der Waals surface area contributed by atoms with Crippen LogP contribution in [0.4, 0.5) is 4.39 Å². The van der Waals surface area contributed by atoms with E-state index in [1.807, 2.05) is 12.1 Å². The summed E-state index contributed by atoms with van der Waals surface area (Å²) < 4.78 is 28.8. The van der Waals surface area contributed by atoms with E-state index >= 15 is 0 Å². The van der Waals surface area contributed by atoms with Crippen molar-refractivity contribution in [1.29, 1.82) is 0 Å². The summed E-state index contributed by atoms with van der Waals surface area (Å²) in [7, 11) is 1.55. The zero-order chi connectivity index (χ0) is 18.4. The lowest BCUT2D eigenvalue weighted by atomic mass is 10.2. The number of aromatic nitrogens is 2. The van der Waals surface area contributed by atoms with Crippen LogP contribution in [0.2, 0.25) is 0 Å². The molecule has 3 rings (SSSR count). The molecule has 0 atom stereocenters. The zero-order valence-corrected chi connectivity index (χ0v) is 13.9. The number of halogens is 1. The van der Waals surface area contributed by atoms with Crippen LogP contribution in [0.25, 0.3) is 17.5 Å². The Balaban J connectivity index is 1.61. The molecule has 1 aromatic heterocycles. The molecule has 6 nitrogen and oxygen atoms in total. The van der Waals surface area contributed by atoms with Crippen molar-refractivity contribution in [2.24, 2.45) is 0 Å². The van der Waals surface area contributed by atoms with Gasteiger partial charge in [0.25, 0.3) is 5.89 Å². The van der Waals surface area contributed by atoms with E-state index < -0.39 is 11.8 Å². The monoisotopic (exact) mass is 354 g/mol. The third-order valence-corrected chi connectivity index (χ3v) is 3.46. The number of hydrogen-bond acceptors (Lipinski definition) is 6. The molecule has 0 spiro atoms. The number of nitrogens with zero attached hydrogens (tertiary/aromatic N) is 2. The maximum absolute atomic E-state index is 13.5. The molecule has 1 heterocycles. The lowest BCUT2D eigenvalue weighted by Crippen LogP contribution is -2.01. The second-order valence-corrected chi connectivity index (χ2v) is 5.17. The summed E-state index contributed by atoms with van der Waals surface area (Å²) in [5.74, 6) is -0.00110. The van der Waals surface area contributed by atoms with Crippen LogP contribution in [0, 0.1) is 5.82 Å². The molecule has 0 bridgehead atoms. The van der Waals surface area contributed by atoms with E-state index in [0.29, 0.717) is 22.7 Å². The minimum Gasteiger partial charge on any atom is -0.496 e. The smallest absolute Gasteiger partial charge is 0.331 e. The fourth-order valence-corrected chi connectivity index (χ4v) is 2.20. The number of para-hydroxylation sites is 1. The second kappa shape index (κ2) is 8.06. The Kier molecular flexibility index (Phi) is 5.38. The first kappa shape index (κ1) is 17.3. The predicted molar refractivity (Wildman–Crippen MR) is 91.5 cm³/mol. The van der Waals surface area contributed by atoms with Gasteiger partial charge >= 0.3 is 5.97 Å². The van der Waals surface area contributed by atoms with E-state index in [-0.39, 0.29) is 12.5 Å². The minimum absolute atomic E-state index is 0.138. The van der Waals surface area contributed by atoms with Gasteiger partial charge in [-0.3, -0.25) is 0 Å². The molecule has 0 aliphatic heterocycles. The van der Waals surface area contributed by atoms with Crippen LogP contribution < -0.4 is 4.74 Å². The largest absolute Gasteiger partial charge is 0.496 e. The van der Waals surface area contributed by atoms with Crippen LogP contribution in [0.3, 0.4) is 0 Å². The van der Waals surface area contributed by atoms with Crippen molar-refractivity contribution in [3.05, 3.63) is 71.9 Å². The van der Waals surface area contributed by atoms with Gasteiger partial charge in [-0.1, -0.05) is 35.5 Å².